The molecule has 1 heterocycles. The Bertz CT molecular complexity index is 639. The predicted molar refractivity (Wildman–Crippen MR) is 89.4 cm³/mol. The summed E-state index contributed by atoms with van der Waals surface area (Å²) >= 11 is 8.06. The van der Waals surface area contributed by atoms with Crippen LogP contribution in [-0.2, 0) is 13.0 Å². The van der Waals surface area contributed by atoms with E-state index in [9.17, 15) is 4.79 Å². The Morgan fingerprint density at radius 1 is 1.40 bits per heavy atom. The largest absolute Gasteiger partial charge is 0.320 e. The summed E-state index contributed by atoms with van der Waals surface area (Å²) in [5, 5.41) is 7.93. The number of rotatable bonds is 4. The number of aryl methyl sites for hydroxylation is 2. The summed E-state index contributed by atoms with van der Waals surface area (Å²) in [4.78, 5) is 12.4. The zero-order valence-electron chi connectivity index (χ0n) is 11.3. The van der Waals surface area contributed by atoms with Gasteiger partial charge in [0.25, 0.3) is 5.91 Å². The van der Waals surface area contributed by atoms with Gasteiger partial charge in [0, 0.05) is 15.1 Å². The molecule has 0 aliphatic carbocycles. The number of amides is 1. The number of benzene rings is 1. The molecule has 0 aliphatic heterocycles. The normalized spacial score (nSPS) is 10.6. The van der Waals surface area contributed by atoms with Gasteiger partial charge in [0.2, 0.25) is 0 Å². The second kappa shape index (κ2) is 6.58. The van der Waals surface area contributed by atoms with Crippen molar-refractivity contribution in [1.29, 1.82) is 0 Å². The van der Waals surface area contributed by atoms with Gasteiger partial charge in [-0.05, 0) is 60.2 Å². The molecule has 106 valence electrons. The van der Waals surface area contributed by atoms with Crippen LogP contribution in [0.2, 0.25) is 5.02 Å². The molecule has 0 atom stereocenters. The van der Waals surface area contributed by atoms with E-state index in [2.05, 4.69) is 33.0 Å². The molecule has 0 spiro atoms. The predicted octanol–water partition coefficient (Wildman–Crippen LogP) is 3.98. The van der Waals surface area contributed by atoms with Crippen LogP contribution in [0.15, 0.2) is 24.3 Å². The van der Waals surface area contributed by atoms with Crippen LogP contribution >= 0.6 is 34.2 Å². The van der Waals surface area contributed by atoms with Crippen molar-refractivity contribution < 1.29 is 4.79 Å². The molecule has 1 aromatic carbocycles. The maximum absolute atomic E-state index is 12.4. The molecule has 0 saturated carbocycles. The second-order valence-electron chi connectivity index (χ2n) is 4.27. The molecule has 0 unspecified atom stereocenters. The van der Waals surface area contributed by atoms with Gasteiger partial charge in [0.05, 0.1) is 11.4 Å². The van der Waals surface area contributed by atoms with E-state index in [4.69, 9.17) is 11.6 Å². The van der Waals surface area contributed by atoms with Crippen LogP contribution in [0.25, 0.3) is 0 Å². The van der Waals surface area contributed by atoms with Crippen LogP contribution in [0.4, 0.5) is 5.69 Å². The van der Waals surface area contributed by atoms with Crippen molar-refractivity contribution in [2.45, 2.75) is 26.8 Å². The molecule has 4 nitrogen and oxygen atoms in total. The Morgan fingerprint density at radius 2 is 2.15 bits per heavy atom. The van der Waals surface area contributed by atoms with Gasteiger partial charge in [0.15, 0.2) is 0 Å². The van der Waals surface area contributed by atoms with Crippen molar-refractivity contribution in [2.75, 3.05) is 5.32 Å². The number of hydrogen-bond donors (Lipinski definition) is 1. The lowest BCUT2D eigenvalue weighted by Crippen LogP contribution is -2.17. The third kappa shape index (κ3) is 3.32. The lowest BCUT2D eigenvalue weighted by molar-refractivity contribution is 0.101. The van der Waals surface area contributed by atoms with Gasteiger partial charge in [-0.15, -0.1) is 0 Å². The fourth-order valence-corrected chi connectivity index (χ4v) is 2.85. The molecule has 0 fully saturated rings. The van der Waals surface area contributed by atoms with Crippen LogP contribution in [0.5, 0.6) is 0 Å². The molecule has 0 aliphatic rings. The second-order valence-corrected chi connectivity index (χ2v) is 5.87. The van der Waals surface area contributed by atoms with E-state index in [0.29, 0.717) is 17.3 Å². The van der Waals surface area contributed by atoms with E-state index in [1.54, 1.807) is 16.8 Å². The standard InChI is InChI=1S/C14H15ClIN3O/c1-3-10-8-13(19(4-2)18-10)14(20)17-12-6-5-9(15)7-11(12)16/h5-8H,3-4H2,1-2H3,(H,17,20). The number of halogens is 2. The number of carbonyl (C=O) groups excluding carboxylic acids is 1. The summed E-state index contributed by atoms with van der Waals surface area (Å²) in [6, 6.07) is 7.21. The third-order valence-electron chi connectivity index (χ3n) is 2.90. The van der Waals surface area contributed by atoms with Crippen LogP contribution in [0, 0.1) is 3.57 Å². The van der Waals surface area contributed by atoms with E-state index in [1.807, 2.05) is 26.0 Å². The van der Waals surface area contributed by atoms with Gasteiger partial charge in [-0.3, -0.25) is 9.48 Å². The highest BCUT2D eigenvalue weighted by molar-refractivity contribution is 14.1. The Kier molecular flexibility index (Phi) is 5.04. The molecular weight excluding hydrogens is 389 g/mol. The Balaban J connectivity index is 2.25. The van der Waals surface area contributed by atoms with Crippen LogP contribution < -0.4 is 5.32 Å². The van der Waals surface area contributed by atoms with E-state index in [1.165, 1.54) is 0 Å². The zero-order valence-corrected chi connectivity index (χ0v) is 14.2. The Hall–Kier alpha value is -1.08. The third-order valence-corrected chi connectivity index (χ3v) is 4.03. The summed E-state index contributed by atoms with van der Waals surface area (Å²) in [6.45, 7) is 4.65. The fourth-order valence-electron chi connectivity index (χ4n) is 1.84. The number of aromatic nitrogens is 2. The Labute approximate surface area is 136 Å². The fraction of sp³-hybridized carbons (Fsp3) is 0.286. The van der Waals surface area contributed by atoms with E-state index in [-0.39, 0.29) is 5.91 Å². The number of anilines is 1. The first kappa shape index (κ1) is 15.3. The minimum Gasteiger partial charge on any atom is -0.320 e. The van der Waals surface area contributed by atoms with E-state index < -0.39 is 0 Å². The molecule has 20 heavy (non-hydrogen) atoms. The molecule has 0 bridgehead atoms. The van der Waals surface area contributed by atoms with Crippen molar-refractivity contribution in [3.63, 3.8) is 0 Å². The van der Waals surface area contributed by atoms with Crippen LogP contribution in [0.1, 0.15) is 30.0 Å². The first-order valence-electron chi connectivity index (χ1n) is 6.38. The molecule has 1 N–H and O–H groups in total. The molecule has 2 rings (SSSR count). The topological polar surface area (TPSA) is 46.9 Å². The SMILES string of the molecule is CCc1cc(C(=O)Nc2ccc(Cl)cc2I)n(CC)n1. The molecule has 1 amide bonds. The zero-order chi connectivity index (χ0) is 14.7. The highest BCUT2D eigenvalue weighted by Gasteiger charge is 2.15. The van der Waals surface area contributed by atoms with Crippen molar-refractivity contribution in [1.82, 2.24) is 9.78 Å². The van der Waals surface area contributed by atoms with Crippen LogP contribution in [0.3, 0.4) is 0 Å². The van der Waals surface area contributed by atoms with Crippen molar-refractivity contribution in [3.05, 3.63) is 44.2 Å². The lowest BCUT2D eigenvalue weighted by Gasteiger charge is -2.08. The molecular formula is C14H15ClIN3O. The first-order valence-corrected chi connectivity index (χ1v) is 7.84. The maximum Gasteiger partial charge on any atom is 0.273 e. The number of hydrogen-bond acceptors (Lipinski definition) is 2. The van der Waals surface area contributed by atoms with Gasteiger partial charge >= 0.3 is 0 Å². The summed E-state index contributed by atoms with van der Waals surface area (Å²) < 4.78 is 2.62. The number of carbonyl (C=O) groups is 1. The summed E-state index contributed by atoms with van der Waals surface area (Å²) in [5.74, 6) is -0.153. The van der Waals surface area contributed by atoms with Gasteiger partial charge < -0.3 is 5.32 Å². The molecule has 6 heteroatoms. The van der Waals surface area contributed by atoms with Gasteiger partial charge in [0.1, 0.15) is 5.69 Å². The Morgan fingerprint density at radius 3 is 2.75 bits per heavy atom. The number of nitrogens with one attached hydrogen (secondary N) is 1. The average molecular weight is 404 g/mol. The first-order chi connectivity index (χ1) is 9.55. The van der Waals surface area contributed by atoms with Crippen molar-refractivity contribution in [2.24, 2.45) is 0 Å². The average Bonchev–Trinajstić information content (AvgIpc) is 2.85. The highest BCUT2D eigenvalue weighted by atomic mass is 127. The van der Waals surface area contributed by atoms with Crippen molar-refractivity contribution >= 4 is 45.8 Å². The van der Waals surface area contributed by atoms with E-state index in [0.717, 1.165) is 21.4 Å². The van der Waals surface area contributed by atoms with Crippen LogP contribution in [-0.4, -0.2) is 15.7 Å². The molecule has 1 aromatic heterocycles. The quantitative estimate of drug-likeness (QED) is 0.785. The summed E-state index contributed by atoms with van der Waals surface area (Å²) in [6.07, 6.45) is 0.811. The molecule has 2 aromatic rings. The minimum absolute atomic E-state index is 0.153. The van der Waals surface area contributed by atoms with Gasteiger partial charge in [-0.25, -0.2) is 0 Å². The van der Waals surface area contributed by atoms with Gasteiger partial charge in [-0.2, -0.15) is 5.10 Å². The van der Waals surface area contributed by atoms with Crippen molar-refractivity contribution in [3.8, 4) is 0 Å². The molecule has 0 saturated heterocycles. The molecule has 0 radical (unpaired) electrons. The monoisotopic (exact) mass is 403 g/mol. The smallest absolute Gasteiger partial charge is 0.273 e. The minimum atomic E-state index is -0.153. The maximum atomic E-state index is 12.4. The summed E-state index contributed by atoms with van der Waals surface area (Å²) in [7, 11) is 0. The highest BCUT2D eigenvalue weighted by Crippen LogP contribution is 2.23. The number of nitrogens with zero attached hydrogens (tertiary/aromatic N) is 2. The van der Waals surface area contributed by atoms with Gasteiger partial charge in [-0.1, -0.05) is 18.5 Å². The van der Waals surface area contributed by atoms with E-state index >= 15 is 0 Å². The lowest BCUT2D eigenvalue weighted by atomic mass is 10.2. The summed E-state index contributed by atoms with van der Waals surface area (Å²) in [5.41, 5.74) is 2.25.